The first-order valence-corrected chi connectivity index (χ1v) is 9.02. The number of hydrogen-bond acceptors (Lipinski definition) is 5. The van der Waals surface area contributed by atoms with Crippen LogP contribution in [0.4, 0.5) is 0 Å². The summed E-state index contributed by atoms with van der Waals surface area (Å²) in [4.78, 5) is 11.7. The van der Waals surface area contributed by atoms with Gasteiger partial charge in [-0.15, -0.1) is 10.2 Å². The molecule has 0 bridgehead atoms. The van der Waals surface area contributed by atoms with Gasteiger partial charge in [0.05, 0.1) is 5.75 Å². The molecule has 0 radical (unpaired) electrons. The van der Waals surface area contributed by atoms with Crippen molar-refractivity contribution in [3.63, 3.8) is 0 Å². The molecule has 24 heavy (non-hydrogen) atoms. The Morgan fingerprint density at radius 3 is 2.83 bits per heavy atom. The van der Waals surface area contributed by atoms with Gasteiger partial charge in [0.1, 0.15) is 12.4 Å². The first kappa shape index (κ1) is 16.8. The number of amides is 1. The van der Waals surface area contributed by atoms with Gasteiger partial charge in [0.25, 0.3) is 0 Å². The van der Waals surface area contributed by atoms with Crippen LogP contribution < -0.4 is 10.1 Å². The second-order valence-corrected chi connectivity index (χ2v) is 7.07. The topological polar surface area (TPSA) is 69.0 Å². The Kier molecular flexibility index (Phi) is 5.08. The van der Waals surface area contributed by atoms with E-state index in [9.17, 15) is 4.79 Å². The van der Waals surface area contributed by atoms with Crippen molar-refractivity contribution < 1.29 is 9.53 Å². The molecule has 0 unspecified atom stereocenters. The van der Waals surface area contributed by atoms with E-state index >= 15 is 0 Å². The molecule has 0 atom stereocenters. The third-order valence-electron chi connectivity index (χ3n) is 4.05. The van der Waals surface area contributed by atoms with Crippen LogP contribution in [0.5, 0.6) is 5.75 Å². The normalized spacial score (nSPS) is 13.8. The SMILES string of the molecule is Cc1ccc(OCc2nnc(SCC(=O)NC3CC3)n2C)cc1C. The number of nitrogens with zero attached hydrogens (tertiary/aromatic N) is 3. The van der Waals surface area contributed by atoms with E-state index in [2.05, 4.69) is 29.4 Å². The molecule has 1 amide bonds. The Morgan fingerprint density at radius 2 is 2.12 bits per heavy atom. The minimum Gasteiger partial charge on any atom is -0.486 e. The summed E-state index contributed by atoms with van der Waals surface area (Å²) in [7, 11) is 1.89. The van der Waals surface area contributed by atoms with Crippen LogP contribution >= 0.6 is 11.8 Å². The highest BCUT2D eigenvalue weighted by Gasteiger charge is 2.23. The Balaban J connectivity index is 1.53. The molecule has 0 spiro atoms. The van der Waals surface area contributed by atoms with Crippen LogP contribution in [-0.4, -0.2) is 32.5 Å². The van der Waals surface area contributed by atoms with E-state index in [0.717, 1.165) is 29.6 Å². The smallest absolute Gasteiger partial charge is 0.230 e. The molecule has 6 nitrogen and oxygen atoms in total. The summed E-state index contributed by atoms with van der Waals surface area (Å²) in [6.45, 7) is 4.48. The van der Waals surface area contributed by atoms with Gasteiger partial charge in [0.15, 0.2) is 11.0 Å². The fourth-order valence-corrected chi connectivity index (χ4v) is 2.92. The summed E-state index contributed by atoms with van der Waals surface area (Å²) in [5, 5.41) is 12.0. The minimum atomic E-state index is 0.0541. The first-order valence-electron chi connectivity index (χ1n) is 8.03. The average Bonchev–Trinajstić information content (AvgIpc) is 3.29. The number of carbonyl (C=O) groups is 1. The number of aromatic nitrogens is 3. The summed E-state index contributed by atoms with van der Waals surface area (Å²) >= 11 is 1.39. The number of rotatable bonds is 7. The zero-order chi connectivity index (χ0) is 17.1. The fourth-order valence-electron chi connectivity index (χ4n) is 2.18. The molecule has 1 N–H and O–H groups in total. The van der Waals surface area contributed by atoms with Crippen LogP contribution in [0.2, 0.25) is 0 Å². The van der Waals surface area contributed by atoms with E-state index < -0.39 is 0 Å². The van der Waals surface area contributed by atoms with Crippen LogP contribution in [0.3, 0.4) is 0 Å². The molecule has 3 rings (SSSR count). The van der Waals surface area contributed by atoms with Crippen molar-refractivity contribution in [2.24, 2.45) is 7.05 Å². The zero-order valence-corrected chi connectivity index (χ0v) is 15.0. The number of aryl methyl sites for hydroxylation is 2. The van der Waals surface area contributed by atoms with Crippen molar-refractivity contribution in [1.29, 1.82) is 0 Å². The van der Waals surface area contributed by atoms with Crippen molar-refractivity contribution in [3.8, 4) is 5.75 Å². The summed E-state index contributed by atoms with van der Waals surface area (Å²) in [5.41, 5.74) is 2.44. The lowest BCUT2D eigenvalue weighted by molar-refractivity contribution is -0.118. The molecule has 1 aromatic carbocycles. The second-order valence-electron chi connectivity index (χ2n) is 6.12. The third kappa shape index (κ3) is 4.29. The molecule has 0 aliphatic heterocycles. The van der Waals surface area contributed by atoms with Gasteiger partial charge in [0, 0.05) is 13.1 Å². The maximum atomic E-state index is 11.7. The van der Waals surface area contributed by atoms with Gasteiger partial charge < -0.3 is 14.6 Å². The number of ether oxygens (including phenoxy) is 1. The van der Waals surface area contributed by atoms with Gasteiger partial charge in [-0.05, 0) is 49.9 Å². The third-order valence-corrected chi connectivity index (χ3v) is 5.07. The van der Waals surface area contributed by atoms with Gasteiger partial charge >= 0.3 is 0 Å². The molecular weight excluding hydrogens is 324 g/mol. The average molecular weight is 346 g/mol. The van der Waals surface area contributed by atoms with Gasteiger partial charge in [-0.25, -0.2) is 0 Å². The highest BCUT2D eigenvalue weighted by Crippen LogP contribution is 2.21. The number of thioether (sulfide) groups is 1. The number of hydrogen-bond donors (Lipinski definition) is 1. The van der Waals surface area contributed by atoms with E-state index in [1.165, 1.54) is 22.9 Å². The Hall–Kier alpha value is -2.02. The highest BCUT2D eigenvalue weighted by atomic mass is 32.2. The fraction of sp³-hybridized carbons (Fsp3) is 0.471. The van der Waals surface area contributed by atoms with E-state index in [-0.39, 0.29) is 5.91 Å². The molecule has 1 heterocycles. The van der Waals surface area contributed by atoms with Crippen molar-refractivity contribution in [2.75, 3.05) is 5.75 Å². The summed E-state index contributed by atoms with van der Waals surface area (Å²) in [6.07, 6.45) is 2.20. The summed E-state index contributed by atoms with van der Waals surface area (Å²) in [5.74, 6) is 1.97. The standard InChI is InChI=1S/C17H22N4O2S/c1-11-4-7-14(8-12(11)2)23-9-15-19-20-17(21(15)3)24-10-16(22)18-13-5-6-13/h4,7-8,13H,5-6,9-10H2,1-3H3,(H,18,22). The minimum absolute atomic E-state index is 0.0541. The number of nitrogens with one attached hydrogen (secondary N) is 1. The molecule has 1 aromatic heterocycles. The van der Waals surface area contributed by atoms with Crippen molar-refractivity contribution >= 4 is 17.7 Å². The quantitative estimate of drug-likeness (QED) is 0.780. The van der Waals surface area contributed by atoms with Crippen LogP contribution in [0.1, 0.15) is 29.8 Å². The maximum absolute atomic E-state index is 11.7. The van der Waals surface area contributed by atoms with Crippen LogP contribution in [0, 0.1) is 13.8 Å². The van der Waals surface area contributed by atoms with Crippen LogP contribution in [0.25, 0.3) is 0 Å². The molecule has 7 heteroatoms. The summed E-state index contributed by atoms with van der Waals surface area (Å²) < 4.78 is 7.67. The molecule has 1 aliphatic rings. The van der Waals surface area contributed by atoms with Gasteiger partial charge in [-0.3, -0.25) is 4.79 Å². The van der Waals surface area contributed by atoms with E-state index in [0.29, 0.717) is 18.4 Å². The molecule has 1 aliphatic carbocycles. The van der Waals surface area contributed by atoms with E-state index in [4.69, 9.17) is 4.74 Å². The van der Waals surface area contributed by atoms with Crippen molar-refractivity contribution in [1.82, 2.24) is 20.1 Å². The largest absolute Gasteiger partial charge is 0.486 e. The lowest BCUT2D eigenvalue weighted by Crippen LogP contribution is -2.27. The summed E-state index contributed by atoms with van der Waals surface area (Å²) in [6, 6.07) is 6.40. The van der Waals surface area contributed by atoms with Gasteiger partial charge in [-0.1, -0.05) is 17.8 Å². The maximum Gasteiger partial charge on any atom is 0.230 e. The monoisotopic (exact) mass is 346 g/mol. The second kappa shape index (κ2) is 7.25. The lowest BCUT2D eigenvalue weighted by atomic mass is 10.1. The van der Waals surface area contributed by atoms with Crippen molar-refractivity contribution in [3.05, 3.63) is 35.2 Å². The zero-order valence-electron chi connectivity index (χ0n) is 14.2. The Bertz CT molecular complexity index is 740. The Morgan fingerprint density at radius 1 is 1.33 bits per heavy atom. The Labute approximate surface area is 146 Å². The number of carbonyl (C=O) groups excluding carboxylic acids is 1. The first-order chi connectivity index (χ1) is 11.5. The molecule has 128 valence electrons. The predicted molar refractivity (Wildman–Crippen MR) is 93.1 cm³/mol. The van der Waals surface area contributed by atoms with Crippen LogP contribution in [-0.2, 0) is 18.4 Å². The molecule has 1 fully saturated rings. The highest BCUT2D eigenvalue weighted by molar-refractivity contribution is 7.99. The molecule has 0 saturated heterocycles. The van der Waals surface area contributed by atoms with Gasteiger partial charge in [-0.2, -0.15) is 0 Å². The lowest BCUT2D eigenvalue weighted by Gasteiger charge is -2.08. The predicted octanol–water partition coefficient (Wildman–Crippen LogP) is 2.38. The van der Waals surface area contributed by atoms with E-state index in [1.54, 1.807) is 0 Å². The molecular formula is C17H22N4O2S. The molecule has 1 saturated carbocycles. The van der Waals surface area contributed by atoms with Crippen molar-refractivity contribution in [2.45, 2.75) is 44.5 Å². The van der Waals surface area contributed by atoms with E-state index in [1.807, 2.05) is 29.8 Å². The molecule has 2 aromatic rings. The van der Waals surface area contributed by atoms with Gasteiger partial charge in [0.2, 0.25) is 5.91 Å². The van der Waals surface area contributed by atoms with Crippen LogP contribution in [0.15, 0.2) is 23.4 Å². The number of benzene rings is 1.